The van der Waals surface area contributed by atoms with Crippen molar-refractivity contribution in [3.05, 3.63) is 28.8 Å². The van der Waals surface area contributed by atoms with Crippen molar-refractivity contribution in [1.82, 2.24) is 9.62 Å². The molecule has 1 N–H and O–H groups in total. The van der Waals surface area contributed by atoms with Crippen molar-refractivity contribution in [2.45, 2.75) is 30.0 Å². The lowest BCUT2D eigenvalue weighted by atomic mass is 9.95. The molecule has 23 heavy (non-hydrogen) atoms. The van der Waals surface area contributed by atoms with E-state index < -0.39 is 26.7 Å². The van der Waals surface area contributed by atoms with Crippen LogP contribution in [0.15, 0.2) is 23.1 Å². The summed E-state index contributed by atoms with van der Waals surface area (Å²) in [5, 5.41) is 3.15. The van der Waals surface area contributed by atoms with Crippen molar-refractivity contribution in [3.63, 3.8) is 0 Å². The second kappa shape index (κ2) is 5.91. The van der Waals surface area contributed by atoms with Gasteiger partial charge >= 0.3 is 6.18 Å². The first kappa shape index (κ1) is 17.0. The summed E-state index contributed by atoms with van der Waals surface area (Å²) in [6.07, 6.45) is -3.33. The quantitative estimate of drug-likeness (QED) is 0.873. The zero-order chi connectivity index (χ0) is 16.8. The predicted molar refractivity (Wildman–Crippen MR) is 79.7 cm³/mol. The molecule has 2 unspecified atom stereocenters. The highest BCUT2D eigenvalue weighted by Gasteiger charge is 2.42. The number of hydrogen-bond acceptors (Lipinski definition) is 3. The highest BCUT2D eigenvalue weighted by atomic mass is 35.5. The van der Waals surface area contributed by atoms with Gasteiger partial charge in [-0.1, -0.05) is 11.6 Å². The smallest absolute Gasteiger partial charge is 0.314 e. The Kier molecular flexibility index (Phi) is 4.37. The molecule has 2 heterocycles. The molecule has 0 aromatic heterocycles. The Morgan fingerprint density at radius 2 is 2.00 bits per heavy atom. The summed E-state index contributed by atoms with van der Waals surface area (Å²) in [6, 6.07) is 3.04. The molecule has 0 bridgehead atoms. The van der Waals surface area contributed by atoms with Gasteiger partial charge in [-0.15, -0.1) is 0 Å². The first-order valence-electron chi connectivity index (χ1n) is 7.30. The van der Waals surface area contributed by atoms with Crippen LogP contribution in [0.3, 0.4) is 0 Å². The molecule has 2 fully saturated rings. The van der Waals surface area contributed by atoms with Gasteiger partial charge in [0.2, 0.25) is 10.0 Å². The van der Waals surface area contributed by atoms with E-state index in [4.69, 9.17) is 11.6 Å². The van der Waals surface area contributed by atoms with E-state index in [2.05, 4.69) is 5.32 Å². The average molecular weight is 369 g/mol. The van der Waals surface area contributed by atoms with Crippen molar-refractivity contribution in [1.29, 1.82) is 0 Å². The Balaban J connectivity index is 1.97. The van der Waals surface area contributed by atoms with Gasteiger partial charge in [0.15, 0.2) is 0 Å². The van der Waals surface area contributed by atoms with Crippen LogP contribution in [-0.2, 0) is 16.2 Å². The van der Waals surface area contributed by atoms with Gasteiger partial charge < -0.3 is 5.32 Å². The van der Waals surface area contributed by atoms with E-state index in [1.54, 1.807) is 0 Å². The Hall–Kier alpha value is -0.830. The molecule has 2 aliphatic rings. The number of halogens is 4. The lowest BCUT2D eigenvalue weighted by Crippen LogP contribution is -2.47. The third-order valence-corrected chi connectivity index (χ3v) is 6.64. The van der Waals surface area contributed by atoms with E-state index in [9.17, 15) is 21.6 Å². The van der Waals surface area contributed by atoms with Crippen molar-refractivity contribution in [3.8, 4) is 0 Å². The lowest BCUT2D eigenvalue weighted by molar-refractivity contribution is -0.139. The highest BCUT2D eigenvalue weighted by Crippen LogP contribution is 2.38. The molecule has 9 heteroatoms. The fourth-order valence-electron chi connectivity index (χ4n) is 3.32. The minimum atomic E-state index is -4.78. The summed E-state index contributed by atoms with van der Waals surface area (Å²) in [6.45, 7) is 1.29. The van der Waals surface area contributed by atoms with E-state index in [-0.39, 0.29) is 30.1 Å². The maximum atomic E-state index is 13.2. The first-order chi connectivity index (χ1) is 10.7. The van der Waals surface area contributed by atoms with E-state index in [1.807, 2.05) is 0 Å². The van der Waals surface area contributed by atoms with E-state index in [0.717, 1.165) is 19.0 Å². The second-order valence-electron chi connectivity index (χ2n) is 5.90. The lowest BCUT2D eigenvalue weighted by Gasteiger charge is -2.34. The molecule has 2 aliphatic heterocycles. The molecule has 4 nitrogen and oxygen atoms in total. The molecule has 128 valence electrons. The number of benzene rings is 1. The Bertz CT molecular complexity index is 708. The molecule has 0 spiro atoms. The molecular weight excluding hydrogens is 353 g/mol. The fraction of sp³-hybridized carbons (Fsp3) is 0.571. The number of sulfonamides is 1. The fourth-order valence-corrected chi connectivity index (χ4v) is 5.20. The number of fused-ring (bicyclic) bond motifs is 1. The number of hydrogen-bond donors (Lipinski definition) is 1. The molecule has 3 rings (SSSR count). The van der Waals surface area contributed by atoms with Crippen molar-refractivity contribution in [2.75, 3.05) is 19.6 Å². The molecule has 2 saturated heterocycles. The van der Waals surface area contributed by atoms with Gasteiger partial charge in [-0.2, -0.15) is 17.5 Å². The molecule has 0 saturated carbocycles. The van der Waals surface area contributed by atoms with E-state index >= 15 is 0 Å². The van der Waals surface area contributed by atoms with Crippen LogP contribution in [0.1, 0.15) is 18.4 Å². The predicted octanol–water partition coefficient (Wildman–Crippen LogP) is 2.73. The summed E-state index contributed by atoms with van der Waals surface area (Å²) >= 11 is 5.62. The van der Waals surface area contributed by atoms with Crippen molar-refractivity contribution < 1.29 is 21.6 Å². The molecule has 2 atom stereocenters. The summed E-state index contributed by atoms with van der Waals surface area (Å²) in [5.41, 5.74) is -1.21. The largest absolute Gasteiger partial charge is 0.417 e. The summed E-state index contributed by atoms with van der Waals surface area (Å²) in [5.74, 6) is 0.153. The minimum absolute atomic E-state index is 0.144. The monoisotopic (exact) mass is 368 g/mol. The van der Waals surface area contributed by atoms with Crippen LogP contribution in [0.2, 0.25) is 5.02 Å². The van der Waals surface area contributed by atoms with Crippen molar-refractivity contribution in [2.24, 2.45) is 5.92 Å². The summed E-state index contributed by atoms with van der Waals surface area (Å²) in [4.78, 5) is -0.723. The third-order valence-electron chi connectivity index (χ3n) is 4.48. The second-order valence-corrected chi connectivity index (χ2v) is 8.24. The Labute approximate surface area is 137 Å². The molecule has 0 radical (unpaired) electrons. The van der Waals surface area contributed by atoms with Crippen LogP contribution in [0.4, 0.5) is 13.2 Å². The van der Waals surface area contributed by atoms with Gasteiger partial charge in [-0.05, 0) is 43.5 Å². The first-order valence-corrected chi connectivity index (χ1v) is 9.11. The standard InChI is InChI=1S/C14H16ClF3N2O2S/c15-10-1-2-13(11(7-10)14(16,17)18)23(21,22)20-6-4-12-9(8-20)3-5-19-12/h1-2,7,9,12,19H,3-6,8H2. The van der Waals surface area contributed by atoms with E-state index in [0.29, 0.717) is 12.5 Å². The maximum Gasteiger partial charge on any atom is 0.417 e. The van der Waals surface area contributed by atoms with Gasteiger partial charge in [0.1, 0.15) is 0 Å². The van der Waals surface area contributed by atoms with E-state index in [1.165, 1.54) is 10.4 Å². The van der Waals surface area contributed by atoms with Gasteiger partial charge in [0.05, 0.1) is 10.5 Å². The van der Waals surface area contributed by atoms with Crippen molar-refractivity contribution >= 4 is 21.6 Å². The number of rotatable bonds is 2. The van der Waals surface area contributed by atoms with Gasteiger partial charge in [-0.25, -0.2) is 8.42 Å². The zero-order valence-electron chi connectivity index (χ0n) is 12.1. The Morgan fingerprint density at radius 1 is 1.26 bits per heavy atom. The SMILES string of the molecule is O=S(=O)(c1ccc(Cl)cc1C(F)(F)F)N1CCC2NCCC2C1. The summed E-state index contributed by atoms with van der Waals surface area (Å²) < 4.78 is 66.2. The van der Waals surface area contributed by atoms with Gasteiger partial charge in [0, 0.05) is 24.2 Å². The van der Waals surface area contributed by atoms with Crippen LogP contribution in [0.25, 0.3) is 0 Å². The highest BCUT2D eigenvalue weighted by molar-refractivity contribution is 7.89. The van der Waals surface area contributed by atoms with Crippen LogP contribution >= 0.6 is 11.6 Å². The molecule has 0 aliphatic carbocycles. The number of nitrogens with zero attached hydrogens (tertiary/aromatic N) is 1. The van der Waals surface area contributed by atoms with Crippen LogP contribution < -0.4 is 5.32 Å². The van der Waals surface area contributed by atoms with Crippen LogP contribution in [0, 0.1) is 5.92 Å². The van der Waals surface area contributed by atoms with Crippen LogP contribution in [-0.4, -0.2) is 38.4 Å². The molecule has 1 aromatic rings. The molecule has 1 aromatic carbocycles. The van der Waals surface area contributed by atoms with Gasteiger partial charge in [0.25, 0.3) is 0 Å². The zero-order valence-corrected chi connectivity index (χ0v) is 13.7. The Morgan fingerprint density at radius 3 is 2.70 bits per heavy atom. The normalized spacial score (nSPS) is 26.3. The van der Waals surface area contributed by atoms with Crippen LogP contribution in [0.5, 0.6) is 0 Å². The number of piperidine rings is 1. The maximum absolute atomic E-state index is 13.2. The number of nitrogens with one attached hydrogen (secondary N) is 1. The topological polar surface area (TPSA) is 49.4 Å². The third kappa shape index (κ3) is 3.22. The molecular formula is C14H16ClF3N2O2S. The average Bonchev–Trinajstić information content (AvgIpc) is 2.93. The minimum Gasteiger partial charge on any atom is -0.314 e. The molecule has 0 amide bonds. The van der Waals surface area contributed by atoms with Gasteiger partial charge in [-0.3, -0.25) is 0 Å². The summed E-state index contributed by atoms with van der Waals surface area (Å²) in [7, 11) is -4.20. The number of alkyl halides is 3.